The van der Waals surface area contributed by atoms with E-state index in [1.807, 2.05) is 13.8 Å². The van der Waals surface area contributed by atoms with Gasteiger partial charge in [0.05, 0.1) is 6.04 Å². The Kier molecular flexibility index (Phi) is 3.64. The van der Waals surface area contributed by atoms with Crippen LogP contribution in [0.1, 0.15) is 31.5 Å². The molecule has 1 atom stereocenters. The maximum absolute atomic E-state index is 6.00. The number of hydrogen-bond donors (Lipinski definition) is 1. The lowest BCUT2D eigenvalue weighted by Gasteiger charge is -2.10. The Hall–Kier alpha value is -2.67. The van der Waals surface area contributed by atoms with E-state index in [1.54, 1.807) is 6.08 Å². The highest BCUT2D eigenvalue weighted by Gasteiger charge is 2.20. The minimum absolute atomic E-state index is 0.219. The maximum Gasteiger partial charge on any atom is 0.249 e. The van der Waals surface area contributed by atoms with Gasteiger partial charge < -0.3 is 19.0 Å². The molecule has 22 heavy (non-hydrogen) atoms. The van der Waals surface area contributed by atoms with E-state index in [-0.39, 0.29) is 12.0 Å². The van der Waals surface area contributed by atoms with E-state index in [4.69, 9.17) is 19.0 Å². The van der Waals surface area contributed by atoms with E-state index < -0.39 is 0 Å². The molecule has 114 valence electrons. The molecule has 0 aliphatic heterocycles. The zero-order valence-electron chi connectivity index (χ0n) is 12.3. The van der Waals surface area contributed by atoms with Gasteiger partial charge in [0, 0.05) is 0 Å². The molecule has 0 bridgehead atoms. The Morgan fingerprint density at radius 3 is 2.32 bits per heavy atom. The van der Waals surface area contributed by atoms with Crippen molar-refractivity contribution in [3.05, 3.63) is 37.0 Å². The molecule has 0 radical (unpaired) electrons. The van der Waals surface area contributed by atoms with Crippen LogP contribution < -0.4 is 5.73 Å². The van der Waals surface area contributed by atoms with Gasteiger partial charge >= 0.3 is 0 Å². The van der Waals surface area contributed by atoms with Gasteiger partial charge in [0.1, 0.15) is 24.5 Å². The van der Waals surface area contributed by atoms with Gasteiger partial charge in [-0.1, -0.05) is 20.4 Å². The standard InChI is InChI=1S/C15H16N4O3/c1-4-9-5-20-13(17-9)10-6-21-14(18-10)11-7-22-15(19-11)12(16)8(2)3/h4-8,12H,1,16H2,2-3H3. The molecular weight excluding hydrogens is 284 g/mol. The van der Waals surface area contributed by atoms with Gasteiger partial charge in [0.25, 0.3) is 0 Å². The van der Waals surface area contributed by atoms with Crippen LogP contribution in [0.15, 0.2) is 38.6 Å². The second-order valence-electron chi connectivity index (χ2n) is 5.16. The molecule has 2 N–H and O–H groups in total. The van der Waals surface area contributed by atoms with Crippen LogP contribution in [0.3, 0.4) is 0 Å². The first-order valence-electron chi connectivity index (χ1n) is 6.83. The van der Waals surface area contributed by atoms with Crippen LogP contribution >= 0.6 is 0 Å². The second-order valence-corrected chi connectivity index (χ2v) is 5.16. The molecule has 0 aliphatic carbocycles. The monoisotopic (exact) mass is 300 g/mol. The van der Waals surface area contributed by atoms with Crippen LogP contribution in [0.4, 0.5) is 0 Å². The number of aromatic nitrogens is 3. The van der Waals surface area contributed by atoms with Gasteiger partial charge in [-0.25, -0.2) is 15.0 Å². The van der Waals surface area contributed by atoms with Crippen molar-refractivity contribution >= 4 is 6.08 Å². The van der Waals surface area contributed by atoms with Crippen LogP contribution in [0.5, 0.6) is 0 Å². The largest absolute Gasteiger partial charge is 0.446 e. The fourth-order valence-electron chi connectivity index (χ4n) is 1.81. The predicted molar refractivity (Wildman–Crippen MR) is 79.4 cm³/mol. The van der Waals surface area contributed by atoms with Crippen molar-refractivity contribution in [3.8, 4) is 23.2 Å². The van der Waals surface area contributed by atoms with E-state index in [0.717, 1.165) is 0 Å². The first-order valence-corrected chi connectivity index (χ1v) is 6.83. The fraction of sp³-hybridized carbons (Fsp3) is 0.267. The summed E-state index contributed by atoms with van der Waals surface area (Å²) >= 11 is 0. The highest BCUT2D eigenvalue weighted by molar-refractivity contribution is 5.54. The van der Waals surface area contributed by atoms with E-state index in [0.29, 0.717) is 34.8 Å². The summed E-state index contributed by atoms with van der Waals surface area (Å²) in [6.07, 6.45) is 6.00. The number of hydrogen-bond acceptors (Lipinski definition) is 7. The van der Waals surface area contributed by atoms with E-state index in [1.165, 1.54) is 18.8 Å². The minimum atomic E-state index is -0.273. The lowest BCUT2D eigenvalue weighted by molar-refractivity contribution is 0.388. The summed E-state index contributed by atoms with van der Waals surface area (Å²) in [4.78, 5) is 12.8. The first kappa shape index (κ1) is 14.3. The summed E-state index contributed by atoms with van der Waals surface area (Å²) in [5, 5.41) is 0. The molecule has 0 fully saturated rings. The summed E-state index contributed by atoms with van der Waals surface area (Å²) in [6.45, 7) is 7.62. The Balaban J connectivity index is 1.86. The fourth-order valence-corrected chi connectivity index (χ4v) is 1.81. The van der Waals surface area contributed by atoms with Gasteiger partial charge in [-0.3, -0.25) is 0 Å². The van der Waals surface area contributed by atoms with Crippen molar-refractivity contribution < 1.29 is 13.3 Å². The molecule has 7 heteroatoms. The average Bonchev–Trinajstić information content (AvgIpc) is 3.23. The van der Waals surface area contributed by atoms with Crippen LogP contribution in [-0.2, 0) is 0 Å². The number of rotatable bonds is 5. The van der Waals surface area contributed by atoms with Gasteiger partial charge in [0.2, 0.25) is 17.7 Å². The van der Waals surface area contributed by atoms with Crippen molar-refractivity contribution in [2.24, 2.45) is 11.7 Å². The summed E-state index contributed by atoms with van der Waals surface area (Å²) in [7, 11) is 0. The molecule has 7 nitrogen and oxygen atoms in total. The summed E-state index contributed by atoms with van der Waals surface area (Å²) in [5.74, 6) is 1.35. The quantitative estimate of drug-likeness (QED) is 0.770. The van der Waals surface area contributed by atoms with Crippen molar-refractivity contribution in [3.63, 3.8) is 0 Å². The molecule has 0 amide bonds. The van der Waals surface area contributed by atoms with Gasteiger partial charge in [-0.05, 0) is 12.0 Å². The topological polar surface area (TPSA) is 104 Å². The number of nitrogens with zero attached hydrogens (tertiary/aromatic N) is 3. The zero-order valence-corrected chi connectivity index (χ0v) is 12.3. The highest BCUT2D eigenvalue weighted by atomic mass is 16.4. The third-order valence-electron chi connectivity index (χ3n) is 3.20. The van der Waals surface area contributed by atoms with E-state index in [2.05, 4.69) is 21.5 Å². The van der Waals surface area contributed by atoms with Crippen LogP contribution in [-0.4, -0.2) is 15.0 Å². The molecule has 3 heterocycles. The van der Waals surface area contributed by atoms with Gasteiger partial charge in [0.15, 0.2) is 11.4 Å². The summed E-state index contributed by atoms with van der Waals surface area (Å²) in [5.41, 5.74) is 7.59. The van der Waals surface area contributed by atoms with Crippen LogP contribution in [0.2, 0.25) is 0 Å². The van der Waals surface area contributed by atoms with Crippen molar-refractivity contribution in [1.82, 2.24) is 15.0 Å². The van der Waals surface area contributed by atoms with Gasteiger partial charge in [-0.2, -0.15) is 0 Å². The molecule has 0 spiro atoms. The Bertz CT molecular complexity index is 784. The smallest absolute Gasteiger partial charge is 0.249 e. The minimum Gasteiger partial charge on any atom is -0.446 e. The zero-order chi connectivity index (χ0) is 15.7. The molecule has 0 aliphatic rings. The first-order chi connectivity index (χ1) is 10.6. The molecule has 1 unspecified atom stereocenters. The van der Waals surface area contributed by atoms with Crippen molar-refractivity contribution in [2.75, 3.05) is 0 Å². The highest BCUT2D eigenvalue weighted by Crippen LogP contribution is 2.26. The molecule has 3 aromatic rings. The van der Waals surface area contributed by atoms with Gasteiger partial charge in [-0.15, -0.1) is 0 Å². The Labute approximate surface area is 126 Å². The lowest BCUT2D eigenvalue weighted by atomic mass is 10.1. The Morgan fingerprint density at radius 1 is 1.00 bits per heavy atom. The molecule has 0 aromatic carbocycles. The normalized spacial score (nSPS) is 12.7. The average molecular weight is 300 g/mol. The number of oxazole rings is 3. The van der Waals surface area contributed by atoms with E-state index in [9.17, 15) is 0 Å². The molecule has 0 saturated carbocycles. The van der Waals surface area contributed by atoms with Crippen molar-refractivity contribution in [1.29, 1.82) is 0 Å². The third-order valence-corrected chi connectivity index (χ3v) is 3.20. The van der Waals surface area contributed by atoms with Crippen LogP contribution in [0.25, 0.3) is 29.2 Å². The molecule has 3 aromatic heterocycles. The predicted octanol–water partition coefficient (Wildman–Crippen LogP) is 3.28. The maximum atomic E-state index is 6.00. The third kappa shape index (κ3) is 2.58. The molecule has 0 saturated heterocycles. The second kappa shape index (κ2) is 5.61. The van der Waals surface area contributed by atoms with Crippen molar-refractivity contribution in [2.45, 2.75) is 19.9 Å². The number of nitrogens with two attached hydrogens (primary N) is 1. The van der Waals surface area contributed by atoms with Crippen LogP contribution in [0, 0.1) is 5.92 Å². The SMILES string of the molecule is C=Cc1coc(-c2coc(-c3coc(C(N)C(C)C)n3)n2)n1. The molecular formula is C15H16N4O3. The molecule has 3 rings (SSSR count). The summed E-state index contributed by atoms with van der Waals surface area (Å²) < 4.78 is 16.1. The summed E-state index contributed by atoms with van der Waals surface area (Å²) in [6, 6.07) is -0.273. The van der Waals surface area contributed by atoms with E-state index >= 15 is 0 Å². The lowest BCUT2D eigenvalue weighted by Crippen LogP contribution is -2.16. The Morgan fingerprint density at radius 2 is 1.64 bits per heavy atom.